The van der Waals surface area contributed by atoms with Crippen molar-refractivity contribution in [2.45, 2.75) is 26.7 Å². The van der Waals surface area contributed by atoms with Crippen molar-refractivity contribution in [3.8, 4) is 5.75 Å². The molecule has 2 aromatic rings. The first-order chi connectivity index (χ1) is 13.8. The standard InChI is InChI=1S/C23H27FN2O3/c1-16(2)18-5-4-6-20(13-18)29-15-23(28)26-11-9-25(10-12-26)22-8-7-19(17(3)27)14-21(22)24/h4-8,13-14,16H,9-12,15H2,1-3H3. The lowest BCUT2D eigenvalue weighted by Gasteiger charge is -2.36. The number of ether oxygens (including phenoxy) is 1. The molecule has 1 aliphatic heterocycles. The van der Waals surface area contributed by atoms with Gasteiger partial charge in [0.25, 0.3) is 5.91 Å². The van der Waals surface area contributed by atoms with Crippen molar-refractivity contribution in [3.05, 3.63) is 59.4 Å². The second-order valence-electron chi connectivity index (χ2n) is 7.61. The number of carbonyl (C=O) groups is 2. The van der Waals surface area contributed by atoms with E-state index in [0.29, 0.717) is 49.1 Å². The maximum Gasteiger partial charge on any atom is 0.260 e. The minimum atomic E-state index is -0.411. The zero-order chi connectivity index (χ0) is 21.0. The van der Waals surface area contributed by atoms with E-state index in [1.807, 2.05) is 29.2 Å². The number of anilines is 1. The van der Waals surface area contributed by atoms with Gasteiger partial charge in [-0.15, -0.1) is 0 Å². The van der Waals surface area contributed by atoms with Gasteiger partial charge >= 0.3 is 0 Å². The topological polar surface area (TPSA) is 49.9 Å². The molecule has 0 aliphatic carbocycles. The third kappa shape index (κ3) is 5.13. The molecule has 6 heteroatoms. The largest absolute Gasteiger partial charge is 0.484 e. The Morgan fingerprint density at radius 1 is 1.07 bits per heavy atom. The molecule has 1 heterocycles. The molecule has 0 unspecified atom stereocenters. The van der Waals surface area contributed by atoms with Gasteiger partial charge < -0.3 is 14.5 Å². The number of benzene rings is 2. The molecular weight excluding hydrogens is 371 g/mol. The Balaban J connectivity index is 1.53. The van der Waals surface area contributed by atoms with Gasteiger partial charge in [0, 0.05) is 31.7 Å². The summed E-state index contributed by atoms with van der Waals surface area (Å²) < 4.78 is 20.0. The van der Waals surface area contributed by atoms with Crippen molar-refractivity contribution in [1.82, 2.24) is 4.90 Å². The van der Waals surface area contributed by atoms with E-state index < -0.39 is 5.82 Å². The SMILES string of the molecule is CC(=O)c1ccc(N2CCN(C(=O)COc3cccc(C(C)C)c3)CC2)c(F)c1. The quantitative estimate of drug-likeness (QED) is 0.693. The summed E-state index contributed by atoms with van der Waals surface area (Å²) in [7, 11) is 0. The lowest BCUT2D eigenvalue weighted by Crippen LogP contribution is -2.50. The van der Waals surface area contributed by atoms with Crippen molar-refractivity contribution < 1.29 is 18.7 Å². The zero-order valence-corrected chi connectivity index (χ0v) is 17.2. The Morgan fingerprint density at radius 2 is 1.79 bits per heavy atom. The maximum absolute atomic E-state index is 14.4. The first-order valence-corrected chi connectivity index (χ1v) is 9.91. The fourth-order valence-corrected chi connectivity index (χ4v) is 3.38. The minimum absolute atomic E-state index is 0.0107. The number of rotatable bonds is 6. The van der Waals surface area contributed by atoms with Gasteiger partial charge in [0.1, 0.15) is 11.6 Å². The van der Waals surface area contributed by atoms with E-state index in [1.165, 1.54) is 18.6 Å². The third-order valence-electron chi connectivity index (χ3n) is 5.21. The van der Waals surface area contributed by atoms with Crippen LogP contribution in [0.3, 0.4) is 0 Å². The Labute approximate surface area is 171 Å². The first-order valence-electron chi connectivity index (χ1n) is 9.91. The summed E-state index contributed by atoms with van der Waals surface area (Å²) in [5.74, 6) is 0.436. The van der Waals surface area contributed by atoms with Crippen molar-refractivity contribution in [1.29, 1.82) is 0 Å². The average molecular weight is 398 g/mol. The van der Waals surface area contributed by atoms with E-state index in [4.69, 9.17) is 4.74 Å². The van der Waals surface area contributed by atoms with Gasteiger partial charge in [0.15, 0.2) is 12.4 Å². The number of ketones is 1. The smallest absolute Gasteiger partial charge is 0.260 e. The van der Waals surface area contributed by atoms with Crippen LogP contribution in [0.1, 0.15) is 42.6 Å². The van der Waals surface area contributed by atoms with Crippen LogP contribution in [-0.4, -0.2) is 49.4 Å². The van der Waals surface area contributed by atoms with Gasteiger partial charge in [0.05, 0.1) is 5.69 Å². The van der Waals surface area contributed by atoms with Crippen molar-refractivity contribution in [2.24, 2.45) is 0 Å². The summed E-state index contributed by atoms with van der Waals surface area (Å²) in [6.07, 6.45) is 0. The number of hydrogen-bond donors (Lipinski definition) is 0. The monoisotopic (exact) mass is 398 g/mol. The fraction of sp³-hybridized carbons (Fsp3) is 0.391. The van der Waals surface area contributed by atoms with Gasteiger partial charge in [-0.2, -0.15) is 0 Å². The van der Waals surface area contributed by atoms with Crippen LogP contribution in [0.15, 0.2) is 42.5 Å². The maximum atomic E-state index is 14.4. The molecule has 3 rings (SSSR count). The molecule has 1 amide bonds. The lowest BCUT2D eigenvalue weighted by atomic mass is 10.0. The second-order valence-corrected chi connectivity index (χ2v) is 7.61. The highest BCUT2D eigenvalue weighted by Gasteiger charge is 2.23. The zero-order valence-electron chi connectivity index (χ0n) is 17.2. The Bertz CT molecular complexity index is 889. The van der Waals surface area contributed by atoms with Crippen LogP contribution in [0.5, 0.6) is 5.75 Å². The Morgan fingerprint density at radius 3 is 2.41 bits per heavy atom. The molecule has 0 N–H and O–H groups in total. The van der Waals surface area contributed by atoms with Crippen molar-refractivity contribution >= 4 is 17.4 Å². The summed E-state index contributed by atoms with van der Waals surface area (Å²) in [6.45, 7) is 7.70. The van der Waals surface area contributed by atoms with E-state index in [9.17, 15) is 14.0 Å². The Kier molecular flexibility index (Phi) is 6.52. The summed E-state index contributed by atoms with van der Waals surface area (Å²) in [6, 6.07) is 12.3. The highest BCUT2D eigenvalue weighted by molar-refractivity contribution is 5.94. The molecule has 154 valence electrons. The fourth-order valence-electron chi connectivity index (χ4n) is 3.38. The van der Waals surface area contributed by atoms with Crippen LogP contribution in [0.4, 0.5) is 10.1 Å². The molecule has 5 nitrogen and oxygen atoms in total. The number of carbonyl (C=O) groups excluding carboxylic acids is 2. The first kappa shape index (κ1) is 20.8. The molecule has 1 saturated heterocycles. The highest BCUT2D eigenvalue weighted by atomic mass is 19.1. The predicted octanol–water partition coefficient (Wildman–Crippen LogP) is 3.88. The number of Topliss-reactive ketones (excluding diaryl/α,β-unsaturated/α-hetero) is 1. The van der Waals surface area contributed by atoms with E-state index in [2.05, 4.69) is 13.8 Å². The van der Waals surface area contributed by atoms with Gasteiger partial charge in [-0.1, -0.05) is 26.0 Å². The summed E-state index contributed by atoms with van der Waals surface area (Å²) >= 11 is 0. The van der Waals surface area contributed by atoms with E-state index in [0.717, 1.165) is 0 Å². The molecule has 1 fully saturated rings. The number of nitrogens with zero attached hydrogens (tertiary/aromatic N) is 2. The average Bonchev–Trinajstić information content (AvgIpc) is 2.72. The molecule has 1 aliphatic rings. The minimum Gasteiger partial charge on any atom is -0.484 e. The molecule has 29 heavy (non-hydrogen) atoms. The van der Waals surface area contributed by atoms with Gasteiger partial charge in [-0.05, 0) is 48.7 Å². The van der Waals surface area contributed by atoms with Crippen LogP contribution in [0.25, 0.3) is 0 Å². The van der Waals surface area contributed by atoms with Crippen molar-refractivity contribution in [3.63, 3.8) is 0 Å². The van der Waals surface area contributed by atoms with Crippen LogP contribution in [-0.2, 0) is 4.79 Å². The molecule has 0 radical (unpaired) electrons. The van der Waals surface area contributed by atoms with E-state index >= 15 is 0 Å². The van der Waals surface area contributed by atoms with Gasteiger partial charge in [-0.3, -0.25) is 9.59 Å². The van der Waals surface area contributed by atoms with Gasteiger partial charge in [0.2, 0.25) is 0 Å². The third-order valence-corrected chi connectivity index (χ3v) is 5.21. The summed E-state index contributed by atoms with van der Waals surface area (Å²) in [5, 5.41) is 0. The van der Waals surface area contributed by atoms with Crippen LogP contribution in [0.2, 0.25) is 0 Å². The molecular formula is C23H27FN2O3. The molecule has 0 bridgehead atoms. The molecule has 0 atom stereocenters. The highest BCUT2D eigenvalue weighted by Crippen LogP contribution is 2.23. The molecule has 2 aromatic carbocycles. The Hall–Kier alpha value is -2.89. The predicted molar refractivity (Wildman–Crippen MR) is 111 cm³/mol. The summed E-state index contributed by atoms with van der Waals surface area (Å²) in [5.41, 5.74) is 1.99. The molecule has 0 spiro atoms. The van der Waals surface area contributed by atoms with Gasteiger partial charge in [-0.25, -0.2) is 4.39 Å². The molecule has 0 saturated carbocycles. The van der Waals surface area contributed by atoms with E-state index in [1.54, 1.807) is 17.0 Å². The number of amides is 1. The number of piperazine rings is 1. The van der Waals surface area contributed by atoms with Crippen molar-refractivity contribution in [2.75, 3.05) is 37.7 Å². The molecule has 0 aromatic heterocycles. The summed E-state index contributed by atoms with van der Waals surface area (Å²) in [4.78, 5) is 27.5. The van der Waals surface area contributed by atoms with Crippen LogP contribution < -0.4 is 9.64 Å². The van der Waals surface area contributed by atoms with Crippen LogP contribution >= 0.6 is 0 Å². The normalized spacial score (nSPS) is 14.2. The number of hydrogen-bond acceptors (Lipinski definition) is 4. The lowest BCUT2D eigenvalue weighted by molar-refractivity contribution is -0.133. The number of halogens is 1. The second kappa shape index (κ2) is 9.07. The van der Waals surface area contributed by atoms with Crippen LogP contribution in [0, 0.1) is 5.82 Å². The van der Waals surface area contributed by atoms with E-state index in [-0.39, 0.29) is 18.3 Å².